The van der Waals surface area contributed by atoms with Crippen LogP contribution in [-0.2, 0) is 16.8 Å². The van der Waals surface area contributed by atoms with Gasteiger partial charge in [-0.3, -0.25) is 0 Å². The van der Waals surface area contributed by atoms with E-state index in [1.54, 1.807) is 13.3 Å². The van der Waals surface area contributed by atoms with E-state index in [1.165, 1.54) is 0 Å². The van der Waals surface area contributed by atoms with E-state index in [-0.39, 0.29) is 0 Å². The molecule has 0 amide bonds. The lowest BCUT2D eigenvalue weighted by Crippen LogP contribution is -2.44. The number of piperazine rings is 1. The highest BCUT2D eigenvalue weighted by Crippen LogP contribution is 2.34. The van der Waals surface area contributed by atoms with Crippen molar-refractivity contribution in [2.24, 2.45) is 0 Å². The summed E-state index contributed by atoms with van der Waals surface area (Å²) in [6.07, 6.45) is 2.53. The van der Waals surface area contributed by atoms with Crippen LogP contribution in [0.25, 0.3) is 0 Å². The maximum absolute atomic E-state index is 11.9. The minimum atomic E-state index is -0.661. The van der Waals surface area contributed by atoms with E-state index in [4.69, 9.17) is 16.3 Å². The van der Waals surface area contributed by atoms with Gasteiger partial charge in [-0.1, -0.05) is 23.7 Å². The molecule has 1 aromatic heterocycles. The zero-order valence-electron chi connectivity index (χ0n) is 22.6. The Morgan fingerprint density at radius 3 is 2.58 bits per heavy atom. The molecule has 1 aliphatic heterocycles. The molecular formula is C28H36ClN7O2. The molecule has 38 heavy (non-hydrogen) atoms. The Morgan fingerprint density at radius 1 is 1.13 bits per heavy atom. The Morgan fingerprint density at radius 2 is 1.89 bits per heavy atom. The molecule has 0 atom stereocenters. The molecule has 0 radical (unpaired) electrons. The first-order valence-corrected chi connectivity index (χ1v) is 13.0. The number of aldehydes is 1. The molecule has 1 aliphatic rings. The number of carbonyl (C=O) groups is 1. The van der Waals surface area contributed by atoms with Gasteiger partial charge >= 0.3 is 0 Å². The lowest BCUT2D eigenvalue weighted by molar-refractivity contribution is -0.111. The topological polar surface area (TPSA) is 94.7 Å². The van der Waals surface area contributed by atoms with Gasteiger partial charge in [0.15, 0.2) is 5.82 Å². The van der Waals surface area contributed by atoms with Gasteiger partial charge in [0.2, 0.25) is 5.95 Å². The molecule has 0 unspecified atom stereocenters. The van der Waals surface area contributed by atoms with Gasteiger partial charge in [0.25, 0.3) is 0 Å². The highest BCUT2D eigenvalue weighted by molar-refractivity contribution is 6.32. The van der Waals surface area contributed by atoms with Gasteiger partial charge in [-0.15, -0.1) is 0 Å². The summed E-state index contributed by atoms with van der Waals surface area (Å²) >= 11 is 6.44. The number of ether oxygens (including phenoxy) is 1. The van der Waals surface area contributed by atoms with E-state index in [2.05, 4.69) is 48.8 Å². The molecule has 2 aromatic carbocycles. The first-order chi connectivity index (χ1) is 18.2. The van der Waals surface area contributed by atoms with E-state index < -0.39 is 5.41 Å². The fourth-order valence-corrected chi connectivity index (χ4v) is 4.83. The van der Waals surface area contributed by atoms with Gasteiger partial charge in [-0.25, -0.2) is 4.98 Å². The molecule has 3 N–H and O–H groups in total. The number of methoxy groups -OCH3 is 1. The van der Waals surface area contributed by atoms with Gasteiger partial charge in [0, 0.05) is 62.6 Å². The number of hydrogen-bond acceptors (Lipinski definition) is 9. The van der Waals surface area contributed by atoms with Crippen LogP contribution in [0.4, 0.5) is 28.8 Å². The van der Waals surface area contributed by atoms with Crippen molar-refractivity contribution in [3.8, 4) is 5.75 Å². The minimum absolute atomic E-state index is 0.389. The Bertz CT molecular complexity index is 1280. The van der Waals surface area contributed by atoms with Crippen molar-refractivity contribution in [2.75, 3.05) is 68.2 Å². The van der Waals surface area contributed by atoms with Gasteiger partial charge in [0.1, 0.15) is 17.1 Å². The maximum Gasteiger partial charge on any atom is 0.229 e. The van der Waals surface area contributed by atoms with E-state index in [9.17, 15) is 4.79 Å². The quantitative estimate of drug-likeness (QED) is 0.316. The van der Waals surface area contributed by atoms with Gasteiger partial charge in [0.05, 0.1) is 19.0 Å². The summed E-state index contributed by atoms with van der Waals surface area (Å²) in [6.45, 7) is 8.26. The first kappa shape index (κ1) is 27.5. The third-order valence-electron chi connectivity index (χ3n) is 6.85. The second-order valence-electron chi connectivity index (χ2n) is 9.97. The molecule has 10 heteroatoms. The first-order valence-electron chi connectivity index (χ1n) is 12.7. The van der Waals surface area contributed by atoms with Crippen molar-refractivity contribution < 1.29 is 9.53 Å². The van der Waals surface area contributed by atoms with E-state index in [0.717, 1.165) is 60.7 Å². The molecule has 202 valence electrons. The molecule has 3 aromatic rings. The summed E-state index contributed by atoms with van der Waals surface area (Å²) in [7, 11) is 5.65. The zero-order valence-corrected chi connectivity index (χ0v) is 23.4. The van der Waals surface area contributed by atoms with Crippen LogP contribution < -0.4 is 25.6 Å². The van der Waals surface area contributed by atoms with Crippen LogP contribution in [0.5, 0.6) is 5.75 Å². The maximum atomic E-state index is 11.9. The summed E-state index contributed by atoms with van der Waals surface area (Å²) in [5, 5.41) is 10.2. The molecule has 1 fully saturated rings. The molecule has 2 heterocycles. The Hall–Kier alpha value is -3.56. The lowest BCUT2D eigenvalue weighted by Gasteiger charge is -2.34. The molecule has 4 rings (SSSR count). The normalized spacial score (nSPS) is 14.2. The van der Waals surface area contributed by atoms with Gasteiger partial charge < -0.3 is 35.3 Å². The molecule has 0 aliphatic carbocycles. The highest BCUT2D eigenvalue weighted by Gasteiger charge is 2.26. The van der Waals surface area contributed by atoms with Gasteiger partial charge in [-0.05, 0) is 50.2 Å². The fraction of sp³-hybridized carbons (Fsp3) is 0.393. The Labute approximate surface area is 229 Å². The van der Waals surface area contributed by atoms with Crippen molar-refractivity contribution in [3.63, 3.8) is 0 Å². The molecule has 0 spiro atoms. The SMILES string of the molecule is CNc1cccc(CNc2nc(Nc3ccc(N4CCN(C)CC4)cc3OC)ncc2Cl)c1C(C)(C)C=O. The monoisotopic (exact) mass is 537 g/mol. The smallest absolute Gasteiger partial charge is 0.229 e. The number of benzene rings is 2. The zero-order chi connectivity index (χ0) is 27.3. The third kappa shape index (κ3) is 6.11. The van der Waals surface area contributed by atoms with Gasteiger partial charge in [-0.2, -0.15) is 4.98 Å². The van der Waals surface area contributed by atoms with Crippen LogP contribution in [0.3, 0.4) is 0 Å². The second-order valence-corrected chi connectivity index (χ2v) is 10.4. The predicted octanol–water partition coefficient (Wildman–Crippen LogP) is 4.76. The minimum Gasteiger partial charge on any atom is -0.494 e. The number of nitrogens with one attached hydrogen (secondary N) is 3. The van der Waals surface area contributed by atoms with Crippen molar-refractivity contribution in [1.29, 1.82) is 0 Å². The summed E-state index contributed by atoms with van der Waals surface area (Å²) in [6, 6.07) is 12.0. The van der Waals surface area contributed by atoms with E-state index in [1.807, 2.05) is 51.2 Å². The molecular weight excluding hydrogens is 502 g/mol. The molecule has 0 bridgehead atoms. The average Bonchev–Trinajstić information content (AvgIpc) is 2.93. The standard InChI is InChI=1S/C28H36ClN7O2/c1-28(2,18-37)25-19(7-6-8-23(25)30-3)16-31-26-21(29)17-32-27(34-26)33-22-10-9-20(15-24(22)38-5)36-13-11-35(4)12-14-36/h6-10,15,17-18,30H,11-14,16H2,1-5H3,(H2,31,32,33,34). The third-order valence-corrected chi connectivity index (χ3v) is 7.13. The molecule has 0 saturated carbocycles. The van der Waals surface area contributed by atoms with Crippen LogP contribution in [0.1, 0.15) is 25.0 Å². The summed E-state index contributed by atoms with van der Waals surface area (Å²) in [5.41, 5.74) is 4.03. The largest absolute Gasteiger partial charge is 0.494 e. The lowest BCUT2D eigenvalue weighted by atomic mass is 9.81. The average molecular weight is 538 g/mol. The van der Waals surface area contributed by atoms with Crippen LogP contribution in [0.2, 0.25) is 5.02 Å². The number of rotatable bonds is 10. The van der Waals surface area contributed by atoms with E-state index in [0.29, 0.717) is 29.1 Å². The Balaban J connectivity index is 1.53. The number of hydrogen-bond donors (Lipinski definition) is 3. The summed E-state index contributed by atoms with van der Waals surface area (Å²) < 4.78 is 5.68. The number of halogens is 1. The van der Waals surface area contributed by atoms with Crippen molar-refractivity contribution in [2.45, 2.75) is 25.8 Å². The second kappa shape index (κ2) is 11.9. The van der Waals surface area contributed by atoms with Crippen LogP contribution >= 0.6 is 11.6 Å². The number of aromatic nitrogens is 2. The van der Waals surface area contributed by atoms with E-state index >= 15 is 0 Å². The number of carbonyl (C=O) groups excluding carboxylic acids is 1. The Kier molecular flexibility index (Phi) is 8.58. The van der Waals surface area contributed by atoms with Crippen molar-refractivity contribution in [3.05, 3.63) is 58.7 Å². The summed E-state index contributed by atoms with van der Waals surface area (Å²) in [4.78, 5) is 25.5. The van der Waals surface area contributed by atoms with Crippen LogP contribution in [0, 0.1) is 0 Å². The number of anilines is 5. The molecule has 9 nitrogen and oxygen atoms in total. The van der Waals surface area contributed by atoms with Crippen LogP contribution in [-0.4, -0.2) is 68.5 Å². The fourth-order valence-electron chi connectivity index (χ4n) is 4.67. The number of likely N-dealkylation sites (N-methyl/N-ethyl adjacent to an activating group) is 1. The summed E-state index contributed by atoms with van der Waals surface area (Å²) in [5.74, 6) is 1.58. The van der Waals surface area contributed by atoms with Crippen LogP contribution in [0.15, 0.2) is 42.6 Å². The number of nitrogens with zero attached hydrogens (tertiary/aromatic N) is 4. The predicted molar refractivity (Wildman–Crippen MR) is 155 cm³/mol. The molecule has 1 saturated heterocycles. The highest BCUT2D eigenvalue weighted by atomic mass is 35.5. The van der Waals surface area contributed by atoms with Crippen molar-refractivity contribution >= 4 is 46.7 Å². The van der Waals surface area contributed by atoms with Crippen molar-refractivity contribution in [1.82, 2.24) is 14.9 Å².